The fourth-order valence-electron chi connectivity index (χ4n) is 4.28. The van der Waals surface area contributed by atoms with Gasteiger partial charge in [0.2, 0.25) is 0 Å². The van der Waals surface area contributed by atoms with E-state index in [-0.39, 0.29) is 12.1 Å². The summed E-state index contributed by atoms with van der Waals surface area (Å²) in [6.07, 6.45) is 5.99. The van der Waals surface area contributed by atoms with Gasteiger partial charge in [-0.05, 0) is 45.9 Å². The predicted molar refractivity (Wildman–Crippen MR) is 124 cm³/mol. The Morgan fingerprint density at radius 2 is 1.97 bits per heavy atom. The number of aromatic nitrogens is 5. The van der Waals surface area contributed by atoms with E-state index in [1.54, 1.807) is 12.4 Å². The number of halogens is 1. The first kappa shape index (κ1) is 21.5. The van der Waals surface area contributed by atoms with Crippen molar-refractivity contribution >= 4 is 28.9 Å². The third kappa shape index (κ3) is 4.36. The first-order chi connectivity index (χ1) is 15.0. The molecule has 0 spiro atoms. The van der Waals surface area contributed by atoms with Crippen LogP contribution in [0.2, 0.25) is 5.15 Å². The monoisotopic (exact) mass is 440 g/mol. The van der Waals surface area contributed by atoms with Crippen molar-refractivity contribution in [3.05, 3.63) is 52.8 Å². The van der Waals surface area contributed by atoms with E-state index >= 15 is 0 Å². The SMILES string of the molecule is CCNCCn1nc(Nc2ccc(C)nc2)c2c1C(C)N(c1nccnc1Cl)C(C)C2. The van der Waals surface area contributed by atoms with Crippen molar-refractivity contribution in [1.29, 1.82) is 0 Å². The maximum Gasteiger partial charge on any atom is 0.171 e. The lowest BCUT2D eigenvalue weighted by molar-refractivity contribution is 0.466. The maximum absolute atomic E-state index is 6.42. The molecule has 0 bridgehead atoms. The van der Waals surface area contributed by atoms with Crippen LogP contribution in [0.5, 0.6) is 0 Å². The van der Waals surface area contributed by atoms with Crippen LogP contribution in [0.3, 0.4) is 0 Å². The minimum absolute atomic E-state index is 0.0498. The topological polar surface area (TPSA) is 83.8 Å². The van der Waals surface area contributed by atoms with Gasteiger partial charge in [-0.1, -0.05) is 18.5 Å². The molecule has 8 nitrogen and oxygen atoms in total. The minimum atomic E-state index is 0.0498. The van der Waals surface area contributed by atoms with Gasteiger partial charge in [0.15, 0.2) is 16.8 Å². The standard InChI is InChI=1S/C22H29ClN8/c1-5-24-10-11-30-19-16(4)31(22-20(23)25-8-9-26-22)15(3)12-18(19)21(29-30)28-17-7-6-14(2)27-13-17/h6-9,13,15-16,24H,5,10-12H2,1-4H3,(H,28,29). The number of rotatable bonds is 7. The molecule has 4 rings (SSSR count). The van der Waals surface area contributed by atoms with Crippen molar-refractivity contribution in [2.24, 2.45) is 0 Å². The highest BCUT2D eigenvalue weighted by Crippen LogP contribution is 2.41. The number of hydrogen-bond acceptors (Lipinski definition) is 7. The average Bonchev–Trinajstić information content (AvgIpc) is 3.08. The quantitative estimate of drug-likeness (QED) is 0.539. The molecule has 0 amide bonds. The van der Waals surface area contributed by atoms with Gasteiger partial charge >= 0.3 is 0 Å². The second-order valence-corrected chi connectivity index (χ2v) is 8.27. The van der Waals surface area contributed by atoms with Gasteiger partial charge in [-0.2, -0.15) is 5.10 Å². The Labute approximate surface area is 188 Å². The van der Waals surface area contributed by atoms with Crippen LogP contribution in [-0.4, -0.2) is 43.9 Å². The lowest BCUT2D eigenvalue weighted by Gasteiger charge is -2.40. The van der Waals surface area contributed by atoms with E-state index in [1.807, 2.05) is 25.3 Å². The Balaban J connectivity index is 1.73. The van der Waals surface area contributed by atoms with E-state index in [2.05, 4.69) is 55.9 Å². The molecule has 3 aromatic rings. The highest BCUT2D eigenvalue weighted by molar-refractivity contribution is 6.31. The van der Waals surface area contributed by atoms with Crippen LogP contribution in [0.25, 0.3) is 0 Å². The molecule has 0 aliphatic carbocycles. The lowest BCUT2D eigenvalue weighted by atomic mass is 9.94. The number of pyridine rings is 1. The number of hydrogen-bond donors (Lipinski definition) is 2. The molecule has 0 saturated heterocycles. The predicted octanol–water partition coefficient (Wildman–Crippen LogP) is 3.90. The number of fused-ring (bicyclic) bond motifs is 1. The number of aryl methyl sites for hydroxylation is 1. The van der Waals surface area contributed by atoms with Crippen molar-refractivity contribution in [2.75, 3.05) is 23.3 Å². The molecule has 0 radical (unpaired) electrons. The van der Waals surface area contributed by atoms with Gasteiger partial charge in [0.1, 0.15) is 0 Å². The summed E-state index contributed by atoms with van der Waals surface area (Å²) in [6, 6.07) is 4.28. The zero-order valence-corrected chi connectivity index (χ0v) is 19.2. The normalized spacial score (nSPS) is 18.2. The summed E-state index contributed by atoms with van der Waals surface area (Å²) in [5.41, 5.74) is 4.33. The third-order valence-electron chi connectivity index (χ3n) is 5.69. The molecule has 2 N–H and O–H groups in total. The molecular weight excluding hydrogens is 412 g/mol. The highest BCUT2D eigenvalue weighted by Gasteiger charge is 2.36. The van der Waals surface area contributed by atoms with E-state index in [9.17, 15) is 0 Å². The Kier molecular flexibility index (Phi) is 6.38. The zero-order chi connectivity index (χ0) is 22.0. The maximum atomic E-state index is 6.42. The van der Waals surface area contributed by atoms with E-state index in [0.717, 1.165) is 43.3 Å². The molecule has 2 unspecified atom stereocenters. The lowest BCUT2D eigenvalue weighted by Crippen LogP contribution is -2.43. The Morgan fingerprint density at radius 1 is 1.16 bits per heavy atom. The molecule has 0 fully saturated rings. The molecular formula is C22H29ClN8. The van der Waals surface area contributed by atoms with Gasteiger partial charge in [-0.15, -0.1) is 0 Å². The smallest absolute Gasteiger partial charge is 0.171 e. The van der Waals surface area contributed by atoms with E-state index < -0.39 is 0 Å². The molecule has 3 aromatic heterocycles. The van der Waals surface area contributed by atoms with Crippen LogP contribution in [0.15, 0.2) is 30.7 Å². The minimum Gasteiger partial charge on any atom is -0.343 e. The Bertz CT molecular complexity index is 1030. The van der Waals surface area contributed by atoms with Gasteiger partial charge in [-0.3, -0.25) is 9.67 Å². The van der Waals surface area contributed by atoms with Crippen LogP contribution in [0, 0.1) is 6.92 Å². The summed E-state index contributed by atoms with van der Waals surface area (Å²) >= 11 is 6.42. The van der Waals surface area contributed by atoms with E-state index in [4.69, 9.17) is 16.7 Å². The van der Waals surface area contributed by atoms with Crippen molar-refractivity contribution in [2.45, 2.75) is 52.7 Å². The summed E-state index contributed by atoms with van der Waals surface area (Å²) in [4.78, 5) is 15.4. The molecule has 9 heteroatoms. The number of nitrogens with zero attached hydrogens (tertiary/aromatic N) is 6. The van der Waals surface area contributed by atoms with Crippen LogP contribution in [0.1, 0.15) is 43.8 Å². The number of likely N-dealkylation sites (N-methyl/N-ethyl adjacent to an activating group) is 1. The number of nitrogens with one attached hydrogen (secondary N) is 2. The van der Waals surface area contributed by atoms with Crippen molar-refractivity contribution in [3.63, 3.8) is 0 Å². The number of anilines is 3. The molecule has 1 aliphatic rings. The van der Waals surface area contributed by atoms with Crippen molar-refractivity contribution < 1.29 is 0 Å². The third-order valence-corrected chi connectivity index (χ3v) is 5.95. The fraction of sp³-hybridized carbons (Fsp3) is 0.455. The zero-order valence-electron chi connectivity index (χ0n) is 18.4. The van der Waals surface area contributed by atoms with Crippen molar-refractivity contribution in [1.82, 2.24) is 30.0 Å². The van der Waals surface area contributed by atoms with Crippen molar-refractivity contribution in [3.8, 4) is 0 Å². The highest BCUT2D eigenvalue weighted by atomic mass is 35.5. The first-order valence-corrected chi connectivity index (χ1v) is 11.1. The van der Waals surface area contributed by atoms with Gasteiger partial charge in [-0.25, -0.2) is 9.97 Å². The van der Waals surface area contributed by atoms with E-state index in [0.29, 0.717) is 11.0 Å². The largest absolute Gasteiger partial charge is 0.343 e. The summed E-state index contributed by atoms with van der Waals surface area (Å²) in [5.74, 6) is 1.60. The Morgan fingerprint density at radius 3 is 2.68 bits per heavy atom. The average molecular weight is 441 g/mol. The van der Waals surface area contributed by atoms with Crippen LogP contribution < -0.4 is 15.5 Å². The van der Waals surface area contributed by atoms with Gasteiger partial charge in [0.05, 0.1) is 30.2 Å². The van der Waals surface area contributed by atoms with Crippen LogP contribution >= 0.6 is 11.6 Å². The summed E-state index contributed by atoms with van der Waals surface area (Å²) in [5, 5.41) is 12.3. The summed E-state index contributed by atoms with van der Waals surface area (Å²) in [7, 11) is 0. The van der Waals surface area contributed by atoms with Crippen LogP contribution in [0.4, 0.5) is 17.3 Å². The second-order valence-electron chi connectivity index (χ2n) is 7.91. The van der Waals surface area contributed by atoms with Gasteiger partial charge in [0, 0.05) is 36.2 Å². The molecule has 0 aromatic carbocycles. The van der Waals surface area contributed by atoms with Gasteiger partial charge < -0.3 is 15.5 Å². The summed E-state index contributed by atoms with van der Waals surface area (Å²) < 4.78 is 2.11. The molecule has 4 heterocycles. The molecule has 0 saturated carbocycles. The molecule has 164 valence electrons. The summed E-state index contributed by atoms with van der Waals surface area (Å²) in [6.45, 7) is 11.0. The molecule has 2 atom stereocenters. The molecule has 1 aliphatic heterocycles. The fourth-order valence-corrected chi connectivity index (χ4v) is 4.48. The molecule has 31 heavy (non-hydrogen) atoms. The Hall–Kier alpha value is -2.71. The van der Waals surface area contributed by atoms with Crippen LogP contribution in [-0.2, 0) is 13.0 Å². The second kappa shape index (κ2) is 9.20. The first-order valence-electron chi connectivity index (χ1n) is 10.7. The van der Waals surface area contributed by atoms with Gasteiger partial charge in [0.25, 0.3) is 0 Å². The van der Waals surface area contributed by atoms with E-state index in [1.165, 1.54) is 11.3 Å².